The van der Waals surface area contributed by atoms with Gasteiger partial charge in [0, 0.05) is 40.4 Å². The lowest BCUT2D eigenvalue weighted by Crippen LogP contribution is -2.26. The maximum absolute atomic E-state index is 13.2. The first kappa shape index (κ1) is 24.5. The van der Waals surface area contributed by atoms with Crippen molar-refractivity contribution in [1.29, 1.82) is 0 Å². The highest BCUT2D eigenvalue weighted by Crippen LogP contribution is 2.65. The minimum absolute atomic E-state index is 0.247. The Morgan fingerprint density at radius 1 is 0.914 bits per heavy atom. The molecule has 0 radical (unpaired) electrons. The quantitative estimate of drug-likeness (QED) is 0.265. The molecular formula is C25H18Cl5N3O2. The number of carbonyl (C=O) groups is 2. The molecule has 5 rings (SSSR count). The first-order valence-corrected chi connectivity index (χ1v) is 12.5. The normalized spacial score (nSPS) is 19.9. The number of alkyl halides is 2. The third-order valence-electron chi connectivity index (χ3n) is 6.28. The number of nitrogen functional groups attached to an aromatic ring is 1. The van der Waals surface area contributed by atoms with Crippen molar-refractivity contribution in [2.24, 2.45) is 5.92 Å². The van der Waals surface area contributed by atoms with E-state index in [-0.39, 0.29) is 22.4 Å². The van der Waals surface area contributed by atoms with Crippen molar-refractivity contribution in [2.45, 2.75) is 23.3 Å². The Bertz CT molecular complexity index is 1360. The van der Waals surface area contributed by atoms with E-state index in [2.05, 4.69) is 5.32 Å². The predicted octanol–water partition coefficient (Wildman–Crippen LogP) is 6.91. The van der Waals surface area contributed by atoms with Gasteiger partial charge < -0.3 is 16.0 Å². The molecular weight excluding hydrogens is 552 g/mol. The third kappa shape index (κ3) is 4.68. The van der Waals surface area contributed by atoms with E-state index in [0.717, 1.165) is 11.1 Å². The maximum atomic E-state index is 13.2. The molecule has 3 N–H and O–H groups in total. The van der Waals surface area contributed by atoms with Crippen LogP contribution in [0.3, 0.4) is 0 Å². The molecule has 2 aliphatic rings. The zero-order chi connectivity index (χ0) is 25.1. The van der Waals surface area contributed by atoms with E-state index in [1.807, 2.05) is 18.2 Å². The minimum Gasteiger partial charge on any atom is -0.399 e. The maximum Gasteiger partial charge on any atom is 0.256 e. The first-order valence-electron chi connectivity index (χ1n) is 10.7. The molecule has 3 aromatic rings. The smallest absolute Gasteiger partial charge is 0.256 e. The Morgan fingerprint density at radius 3 is 2.31 bits per heavy atom. The number of hydrogen-bond acceptors (Lipinski definition) is 3. The Morgan fingerprint density at radius 2 is 1.60 bits per heavy atom. The van der Waals surface area contributed by atoms with Crippen molar-refractivity contribution in [3.8, 4) is 0 Å². The van der Waals surface area contributed by atoms with Gasteiger partial charge in [-0.15, -0.1) is 23.2 Å². The van der Waals surface area contributed by atoms with Gasteiger partial charge in [0.25, 0.3) is 5.91 Å². The molecule has 0 bridgehead atoms. The number of halogens is 5. The van der Waals surface area contributed by atoms with Crippen LogP contribution in [0.5, 0.6) is 0 Å². The standard InChI is InChI=1S/C25H18Cl5N3O2/c26-15-5-13(6-16(27)8-15)21-22(25(21,29)30)23(34)32-18-3-4-20(28)19(9-18)24(35)33-10-12-1-2-17(31)7-14(12)11-33/h1-9,21-22H,10-11,31H2,(H,32,34)/t21-,22+/m1/s1. The van der Waals surface area contributed by atoms with Gasteiger partial charge in [-0.05, 0) is 65.2 Å². The van der Waals surface area contributed by atoms with E-state index in [9.17, 15) is 9.59 Å². The number of carbonyl (C=O) groups excluding carboxylic acids is 2. The highest BCUT2D eigenvalue weighted by molar-refractivity contribution is 6.53. The summed E-state index contributed by atoms with van der Waals surface area (Å²) in [6.45, 7) is 0.882. The molecule has 2 amide bonds. The molecule has 180 valence electrons. The molecule has 2 atom stereocenters. The van der Waals surface area contributed by atoms with E-state index in [4.69, 9.17) is 63.7 Å². The van der Waals surface area contributed by atoms with Crippen LogP contribution in [0.1, 0.15) is 33.0 Å². The van der Waals surface area contributed by atoms with Crippen LogP contribution < -0.4 is 11.1 Å². The molecule has 1 aliphatic heterocycles. The second kappa shape index (κ2) is 9.06. The summed E-state index contributed by atoms with van der Waals surface area (Å²) in [5, 5.41) is 3.94. The number of amides is 2. The van der Waals surface area contributed by atoms with E-state index >= 15 is 0 Å². The summed E-state index contributed by atoms with van der Waals surface area (Å²) in [7, 11) is 0. The van der Waals surface area contributed by atoms with Crippen molar-refractivity contribution < 1.29 is 9.59 Å². The average molecular weight is 570 g/mol. The lowest BCUT2D eigenvalue weighted by Gasteiger charge is -2.17. The molecule has 3 aromatic carbocycles. The van der Waals surface area contributed by atoms with Gasteiger partial charge in [0.2, 0.25) is 5.91 Å². The topological polar surface area (TPSA) is 75.4 Å². The van der Waals surface area contributed by atoms with Crippen molar-refractivity contribution in [3.05, 3.63) is 91.9 Å². The van der Waals surface area contributed by atoms with Crippen LogP contribution in [0, 0.1) is 5.92 Å². The van der Waals surface area contributed by atoms with Crippen LogP contribution in [0.25, 0.3) is 0 Å². The van der Waals surface area contributed by atoms with Crippen LogP contribution in [-0.2, 0) is 17.9 Å². The largest absolute Gasteiger partial charge is 0.399 e. The number of hydrogen-bond donors (Lipinski definition) is 2. The second-order valence-electron chi connectivity index (χ2n) is 8.71. The van der Waals surface area contributed by atoms with E-state index < -0.39 is 16.2 Å². The Kier molecular flexibility index (Phi) is 6.35. The summed E-state index contributed by atoms with van der Waals surface area (Å²) in [6.07, 6.45) is 0. The average Bonchev–Trinajstić information content (AvgIpc) is 3.14. The molecule has 35 heavy (non-hydrogen) atoms. The van der Waals surface area contributed by atoms with Gasteiger partial charge in [-0.3, -0.25) is 9.59 Å². The van der Waals surface area contributed by atoms with Crippen molar-refractivity contribution >= 4 is 81.2 Å². The number of nitrogens with two attached hydrogens (primary N) is 1. The highest BCUT2D eigenvalue weighted by atomic mass is 35.5. The number of anilines is 2. The predicted molar refractivity (Wildman–Crippen MR) is 142 cm³/mol. The van der Waals surface area contributed by atoms with Gasteiger partial charge in [-0.1, -0.05) is 40.9 Å². The number of nitrogens with zero attached hydrogens (tertiary/aromatic N) is 1. The van der Waals surface area contributed by atoms with Crippen molar-refractivity contribution in [3.63, 3.8) is 0 Å². The molecule has 0 unspecified atom stereocenters. The lowest BCUT2D eigenvalue weighted by atomic mass is 10.1. The molecule has 1 heterocycles. The molecule has 0 aromatic heterocycles. The van der Waals surface area contributed by atoms with Gasteiger partial charge in [-0.2, -0.15) is 0 Å². The van der Waals surface area contributed by atoms with E-state index in [1.165, 1.54) is 0 Å². The molecule has 1 saturated carbocycles. The van der Waals surface area contributed by atoms with Gasteiger partial charge in [0.15, 0.2) is 0 Å². The summed E-state index contributed by atoms with van der Waals surface area (Å²) < 4.78 is -1.31. The van der Waals surface area contributed by atoms with E-state index in [1.54, 1.807) is 41.3 Å². The van der Waals surface area contributed by atoms with E-state index in [0.29, 0.717) is 40.1 Å². The minimum atomic E-state index is -1.31. The lowest BCUT2D eigenvalue weighted by molar-refractivity contribution is -0.117. The molecule has 5 nitrogen and oxygen atoms in total. The van der Waals surface area contributed by atoms with Crippen LogP contribution in [0.15, 0.2) is 54.6 Å². The molecule has 1 aliphatic carbocycles. The third-order valence-corrected chi connectivity index (χ3v) is 7.99. The summed E-state index contributed by atoms with van der Waals surface area (Å²) >= 11 is 31.4. The summed E-state index contributed by atoms with van der Waals surface area (Å²) in [5.41, 5.74) is 9.91. The fourth-order valence-corrected chi connectivity index (χ4v) is 6.11. The number of rotatable bonds is 4. The van der Waals surface area contributed by atoms with Crippen molar-refractivity contribution in [2.75, 3.05) is 11.1 Å². The molecule has 1 fully saturated rings. The summed E-state index contributed by atoms with van der Waals surface area (Å²) in [4.78, 5) is 28.0. The fourth-order valence-electron chi connectivity index (χ4n) is 4.54. The Hall–Kier alpha value is -2.15. The zero-order valence-corrected chi connectivity index (χ0v) is 21.8. The summed E-state index contributed by atoms with van der Waals surface area (Å²) in [6, 6.07) is 15.3. The number of fused-ring (bicyclic) bond motifs is 1. The second-order valence-corrected chi connectivity index (χ2v) is 11.4. The number of benzene rings is 3. The zero-order valence-electron chi connectivity index (χ0n) is 18.0. The highest BCUT2D eigenvalue weighted by Gasteiger charge is 2.67. The Labute approximate surface area is 227 Å². The van der Waals surface area contributed by atoms with Gasteiger partial charge in [0.05, 0.1) is 16.5 Å². The van der Waals surface area contributed by atoms with Gasteiger partial charge in [-0.25, -0.2) is 0 Å². The SMILES string of the molecule is Nc1ccc2c(c1)CN(C(=O)c1cc(NC(=O)[C@@H]3[C@@H](c4cc(Cl)cc(Cl)c4)C3(Cl)Cl)ccc1Cl)C2. The number of nitrogens with one attached hydrogen (secondary N) is 1. The van der Waals surface area contributed by atoms with Crippen molar-refractivity contribution in [1.82, 2.24) is 4.90 Å². The fraction of sp³-hybridized carbons (Fsp3) is 0.200. The van der Waals surface area contributed by atoms with Crippen LogP contribution >= 0.6 is 58.0 Å². The first-order chi connectivity index (χ1) is 16.5. The summed E-state index contributed by atoms with van der Waals surface area (Å²) in [5.74, 6) is -1.84. The molecule has 10 heteroatoms. The Balaban J connectivity index is 1.33. The van der Waals surface area contributed by atoms with Crippen LogP contribution in [-0.4, -0.2) is 21.0 Å². The van der Waals surface area contributed by atoms with Crippen LogP contribution in [0.4, 0.5) is 11.4 Å². The monoisotopic (exact) mass is 567 g/mol. The van der Waals surface area contributed by atoms with Gasteiger partial charge >= 0.3 is 0 Å². The molecule has 0 spiro atoms. The van der Waals surface area contributed by atoms with Crippen LogP contribution in [0.2, 0.25) is 15.1 Å². The van der Waals surface area contributed by atoms with Gasteiger partial charge in [0.1, 0.15) is 4.33 Å². The molecule has 0 saturated heterocycles.